The highest BCUT2D eigenvalue weighted by atomic mass is 16.3. The zero-order valence-corrected chi connectivity index (χ0v) is 11.7. The molecule has 0 atom stereocenters. The summed E-state index contributed by atoms with van der Waals surface area (Å²) in [5, 5.41) is 11.9. The molecule has 108 valence electrons. The fourth-order valence-electron chi connectivity index (χ4n) is 2.41. The Morgan fingerprint density at radius 2 is 1.95 bits per heavy atom. The van der Waals surface area contributed by atoms with Crippen LogP contribution in [0.2, 0.25) is 0 Å². The lowest BCUT2D eigenvalue weighted by Crippen LogP contribution is -2.39. The van der Waals surface area contributed by atoms with Crippen molar-refractivity contribution in [1.82, 2.24) is 10.2 Å². The van der Waals surface area contributed by atoms with Crippen molar-refractivity contribution in [3.8, 4) is 0 Å². The summed E-state index contributed by atoms with van der Waals surface area (Å²) in [6, 6.07) is 9.66. The van der Waals surface area contributed by atoms with Gasteiger partial charge in [-0.3, -0.25) is 0 Å². The van der Waals surface area contributed by atoms with Gasteiger partial charge in [0.25, 0.3) is 0 Å². The first-order valence-electron chi connectivity index (χ1n) is 7.18. The molecule has 2 amide bonds. The second-order valence-electron chi connectivity index (χ2n) is 5.09. The van der Waals surface area contributed by atoms with Crippen molar-refractivity contribution in [3.05, 3.63) is 47.7 Å². The number of aliphatic hydroxyl groups is 1. The molecular formula is C16H22N2O2. The predicted molar refractivity (Wildman–Crippen MR) is 79.0 cm³/mol. The van der Waals surface area contributed by atoms with Gasteiger partial charge in [-0.15, -0.1) is 0 Å². The molecule has 2 rings (SSSR count). The third-order valence-corrected chi connectivity index (χ3v) is 3.52. The topological polar surface area (TPSA) is 52.6 Å². The van der Waals surface area contributed by atoms with Crippen molar-refractivity contribution in [3.63, 3.8) is 0 Å². The lowest BCUT2D eigenvalue weighted by Gasteiger charge is -2.21. The molecule has 0 bridgehead atoms. The van der Waals surface area contributed by atoms with E-state index in [0.717, 1.165) is 18.4 Å². The van der Waals surface area contributed by atoms with Gasteiger partial charge in [0.15, 0.2) is 0 Å². The minimum Gasteiger partial charge on any atom is -0.395 e. The van der Waals surface area contributed by atoms with Crippen LogP contribution in [0.4, 0.5) is 4.79 Å². The molecule has 20 heavy (non-hydrogen) atoms. The molecule has 1 fully saturated rings. The summed E-state index contributed by atoms with van der Waals surface area (Å²) < 4.78 is 0. The van der Waals surface area contributed by atoms with Crippen LogP contribution in [0, 0.1) is 0 Å². The SMILES string of the molecule is O=C(NC=C1CCCC1)N(CCO)Cc1ccccc1. The number of amides is 2. The first kappa shape index (κ1) is 14.6. The van der Waals surface area contributed by atoms with Crippen molar-refractivity contribution in [2.75, 3.05) is 13.2 Å². The lowest BCUT2D eigenvalue weighted by atomic mass is 10.2. The average Bonchev–Trinajstić information content (AvgIpc) is 2.99. The maximum atomic E-state index is 12.2. The van der Waals surface area contributed by atoms with Gasteiger partial charge in [0.05, 0.1) is 6.61 Å². The highest BCUT2D eigenvalue weighted by molar-refractivity contribution is 5.75. The van der Waals surface area contributed by atoms with E-state index < -0.39 is 0 Å². The number of carbonyl (C=O) groups excluding carboxylic acids is 1. The third-order valence-electron chi connectivity index (χ3n) is 3.52. The Hall–Kier alpha value is -1.81. The molecule has 1 aliphatic rings. The summed E-state index contributed by atoms with van der Waals surface area (Å²) in [6.45, 7) is 0.817. The van der Waals surface area contributed by atoms with Crippen LogP contribution < -0.4 is 5.32 Å². The smallest absolute Gasteiger partial charge is 0.321 e. The Kier molecular flexibility index (Phi) is 5.62. The van der Waals surface area contributed by atoms with E-state index in [1.54, 1.807) is 4.90 Å². The second kappa shape index (κ2) is 7.70. The summed E-state index contributed by atoms with van der Waals surface area (Å²) in [6.07, 6.45) is 6.43. The number of urea groups is 1. The Balaban J connectivity index is 1.93. The molecule has 4 nitrogen and oxygen atoms in total. The zero-order valence-electron chi connectivity index (χ0n) is 11.7. The largest absolute Gasteiger partial charge is 0.395 e. The van der Waals surface area contributed by atoms with E-state index in [2.05, 4.69) is 5.32 Å². The normalized spacial score (nSPS) is 14.2. The number of rotatable bonds is 5. The molecule has 0 aromatic heterocycles. The standard InChI is InChI=1S/C16H22N2O2/c19-11-10-18(13-15-8-2-1-3-9-15)16(20)17-12-14-6-4-5-7-14/h1-3,8-9,12,19H,4-7,10-11,13H2,(H,17,20). The number of carbonyl (C=O) groups is 1. The third kappa shape index (κ3) is 4.38. The van der Waals surface area contributed by atoms with Gasteiger partial charge in [0, 0.05) is 19.3 Å². The predicted octanol–water partition coefficient (Wildman–Crippen LogP) is 2.65. The van der Waals surface area contributed by atoms with Gasteiger partial charge >= 0.3 is 6.03 Å². The van der Waals surface area contributed by atoms with E-state index in [-0.39, 0.29) is 12.6 Å². The number of hydrogen-bond donors (Lipinski definition) is 2. The van der Waals surface area contributed by atoms with E-state index in [4.69, 9.17) is 5.11 Å². The Bertz CT molecular complexity index is 449. The highest BCUT2D eigenvalue weighted by Crippen LogP contribution is 2.22. The highest BCUT2D eigenvalue weighted by Gasteiger charge is 2.13. The van der Waals surface area contributed by atoms with E-state index in [1.807, 2.05) is 36.5 Å². The summed E-state index contributed by atoms with van der Waals surface area (Å²) in [5.41, 5.74) is 2.37. The van der Waals surface area contributed by atoms with Gasteiger partial charge in [-0.05, 0) is 31.2 Å². The summed E-state index contributed by atoms with van der Waals surface area (Å²) in [5.74, 6) is 0. The van der Waals surface area contributed by atoms with Crippen LogP contribution in [0.1, 0.15) is 31.2 Å². The Morgan fingerprint density at radius 3 is 2.60 bits per heavy atom. The maximum absolute atomic E-state index is 12.2. The van der Waals surface area contributed by atoms with E-state index in [1.165, 1.54) is 18.4 Å². The van der Waals surface area contributed by atoms with E-state index >= 15 is 0 Å². The van der Waals surface area contributed by atoms with Crippen LogP contribution in [0.5, 0.6) is 0 Å². The summed E-state index contributed by atoms with van der Waals surface area (Å²) in [7, 11) is 0. The Labute approximate surface area is 120 Å². The average molecular weight is 274 g/mol. The fraction of sp³-hybridized carbons (Fsp3) is 0.438. The van der Waals surface area contributed by atoms with E-state index in [9.17, 15) is 4.79 Å². The van der Waals surface area contributed by atoms with Crippen molar-refractivity contribution in [1.29, 1.82) is 0 Å². The summed E-state index contributed by atoms with van der Waals surface area (Å²) in [4.78, 5) is 13.8. The van der Waals surface area contributed by atoms with Crippen molar-refractivity contribution in [2.24, 2.45) is 0 Å². The fourth-order valence-corrected chi connectivity index (χ4v) is 2.41. The molecule has 0 heterocycles. The molecule has 0 radical (unpaired) electrons. The number of hydrogen-bond acceptors (Lipinski definition) is 2. The van der Waals surface area contributed by atoms with Gasteiger partial charge in [0.1, 0.15) is 0 Å². The van der Waals surface area contributed by atoms with Crippen LogP contribution >= 0.6 is 0 Å². The number of nitrogens with one attached hydrogen (secondary N) is 1. The van der Waals surface area contributed by atoms with Crippen LogP contribution in [0.25, 0.3) is 0 Å². The van der Waals surface area contributed by atoms with Gasteiger partial charge in [0.2, 0.25) is 0 Å². The maximum Gasteiger partial charge on any atom is 0.321 e. The van der Waals surface area contributed by atoms with E-state index in [0.29, 0.717) is 13.1 Å². The molecule has 0 saturated heterocycles. The quantitative estimate of drug-likeness (QED) is 0.867. The molecule has 1 aromatic carbocycles. The van der Waals surface area contributed by atoms with Crippen molar-refractivity contribution < 1.29 is 9.90 Å². The Morgan fingerprint density at radius 1 is 1.25 bits per heavy atom. The van der Waals surface area contributed by atoms with Crippen LogP contribution in [-0.4, -0.2) is 29.2 Å². The number of benzene rings is 1. The summed E-state index contributed by atoms with van der Waals surface area (Å²) >= 11 is 0. The minimum absolute atomic E-state index is 0.0309. The zero-order chi connectivity index (χ0) is 14.2. The molecule has 1 aliphatic carbocycles. The van der Waals surface area contributed by atoms with Gasteiger partial charge < -0.3 is 15.3 Å². The number of allylic oxidation sites excluding steroid dienone is 1. The molecule has 2 N–H and O–H groups in total. The number of aliphatic hydroxyl groups excluding tert-OH is 1. The molecule has 0 spiro atoms. The van der Waals surface area contributed by atoms with Crippen LogP contribution in [0.3, 0.4) is 0 Å². The lowest BCUT2D eigenvalue weighted by molar-refractivity contribution is 0.177. The minimum atomic E-state index is -0.151. The molecule has 1 saturated carbocycles. The molecule has 4 heteroatoms. The first-order chi connectivity index (χ1) is 9.79. The van der Waals surface area contributed by atoms with Gasteiger partial charge in [-0.25, -0.2) is 4.79 Å². The second-order valence-corrected chi connectivity index (χ2v) is 5.09. The molecule has 0 unspecified atom stereocenters. The van der Waals surface area contributed by atoms with Gasteiger partial charge in [-0.2, -0.15) is 0 Å². The van der Waals surface area contributed by atoms with Crippen LogP contribution in [-0.2, 0) is 6.54 Å². The molecule has 1 aromatic rings. The molecular weight excluding hydrogens is 252 g/mol. The van der Waals surface area contributed by atoms with Crippen molar-refractivity contribution in [2.45, 2.75) is 32.2 Å². The number of nitrogens with zero attached hydrogens (tertiary/aromatic N) is 1. The first-order valence-corrected chi connectivity index (χ1v) is 7.18. The van der Waals surface area contributed by atoms with Gasteiger partial charge in [-0.1, -0.05) is 35.9 Å². The van der Waals surface area contributed by atoms with Crippen LogP contribution in [0.15, 0.2) is 42.1 Å². The molecule has 0 aliphatic heterocycles. The monoisotopic (exact) mass is 274 g/mol. The van der Waals surface area contributed by atoms with Crippen molar-refractivity contribution >= 4 is 6.03 Å².